The Morgan fingerprint density at radius 3 is 2.75 bits per heavy atom. The molecule has 2 heterocycles. The Labute approximate surface area is 160 Å². The lowest BCUT2D eigenvalue weighted by Crippen LogP contribution is -2.04. The Bertz CT molecular complexity index is 1130. The lowest BCUT2D eigenvalue weighted by Gasteiger charge is -2.11. The summed E-state index contributed by atoms with van der Waals surface area (Å²) in [6.07, 6.45) is 0. The molecule has 2 aromatic heterocycles. The number of nitrogens with zero attached hydrogens (tertiary/aromatic N) is 4. The van der Waals surface area contributed by atoms with Crippen LogP contribution in [-0.4, -0.2) is 38.1 Å². The first-order chi connectivity index (χ1) is 13.7. The maximum absolute atomic E-state index is 14.1. The average Bonchev–Trinajstić information content (AvgIpc) is 3.11. The molecule has 0 bridgehead atoms. The smallest absolute Gasteiger partial charge is 0.188 e. The summed E-state index contributed by atoms with van der Waals surface area (Å²) in [5.74, 6) is 1.23. The predicted molar refractivity (Wildman–Crippen MR) is 103 cm³/mol. The first-order valence-corrected chi connectivity index (χ1v) is 8.74. The van der Waals surface area contributed by atoms with Crippen LogP contribution in [0.2, 0.25) is 0 Å². The minimum Gasteiger partial charge on any atom is -0.491 e. The van der Waals surface area contributed by atoms with Crippen molar-refractivity contribution in [2.75, 3.05) is 18.5 Å². The Morgan fingerprint density at radius 1 is 1.11 bits per heavy atom. The molecule has 0 aliphatic rings. The van der Waals surface area contributed by atoms with Gasteiger partial charge in [0.25, 0.3) is 0 Å². The van der Waals surface area contributed by atoms with Crippen molar-refractivity contribution in [1.82, 2.24) is 19.8 Å². The summed E-state index contributed by atoms with van der Waals surface area (Å²) in [5, 5.41) is 24.7. The third kappa shape index (κ3) is 3.49. The molecule has 0 fully saturated rings. The van der Waals surface area contributed by atoms with Gasteiger partial charge in [-0.2, -0.15) is 4.52 Å². The van der Waals surface area contributed by atoms with Gasteiger partial charge in [-0.3, -0.25) is 0 Å². The van der Waals surface area contributed by atoms with Crippen molar-refractivity contribution < 1.29 is 14.2 Å². The molecule has 2 aromatic carbocycles. The molecule has 0 aliphatic carbocycles. The molecule has 0 saturated carbocycles. The number of aliphatic hydroxyl groups is 1. The van der Waals surface area contributed by atoms with Crippen LogP contribution in [-0.2, 0) is 0 Å². The molecule has 0 unspecified atom stereocenters. The molecule has 7 nitrogen and oxygen atoms in total. The van der Waals surface area contributed by atoms with E-state index in [9.17, 15) is 4.39 Å². The molecule has 0 amide bonds. The number of benzene rings is 2. The molecule has 2 N–H and O–H groups in total. The zero-order valence-electron chi connectivity index (χ0n) is 15.1. The Hall–Kier alpha value is -3.52. The Balaban J connectivity index is 1.64. The highest BCUT2D eigenvalue weighted by atomic mass is 19.1. The van der Waals surface area contributed by atoms with E-state index in [4.69, 9.17) is 9.84 Å². The van der Waals surface area contributed by atoms with Gasteiger partial charge < -0.3 is 15.2 Å². The van der Waals surface area contributed by atoms with Crippen LogP contribution in [0.15, 0.2) is 54.6 Å². The van der Waals surface area contributed by atoms with Crippen molar-refractivity contribution in [3.63, 3.8) is 0 Å². The molecule has 0 atom stereocenters. The zero-order chi connectivity index (χ0) is 19.5. The van der Waals surface area contributed by atoms with E-state index >= 15 is 0 Å². The number of halogens is 1. The lowest BCUT2D eigenvalue weighted by molar-refractivity contribution is 0.200. The third-order valence-corrected chi connectivity index (χ3v) is 4.17. The second-order valence-corrected chi connectivity index (χ2v) is 6.17. The van der Waals surface area contributed by atoms with Crippen LogP contribution in [0.3, 0.4) is 0 Å². The number of aliphatic hydroxyl groups excluding tert-OH is 1. The highest BCUT2D eigenvalue weighted by Crippen LogP contribution is 2.25. The lowest BCUT2D eigenvalue weighted by atomic mass is 10.2. The number of hydrogen-bond donors (Lipinski definition) is 2. The molecule has 0 spiro atoms. The van der Waals surface area contributed by atoms with Gasteiger partial charge in [0.2, 0.25) is 0 Å². The van der Waals surface area contributed by atoms with Gasteiger partial charge in [-0.25, -0.2) is 4.39 Å². The van der Waals surface area contributed by atoms with Gasteiger partial charge >= 0.3 is 0 Å². The molecule has 142 valence electrons. The largest absolute Gasteiger partial charge is 0.491 e. The zero-order valence-corrected chi connectivity index (χ0v) is 15.1. The fourth-order valence-corrected chi connectivity index (χ4v) is 2.86. The Kier molecular flexibility index (Phi) is 4.86. The van der Waals surface area contributed by atoms with E-state index < -0.39 is 0 Å². The van der Waals surface area contributed by atoms with Crippen molar-refractivity contribution in [3.05, 3.63) is 66.0 Å². The highest BCUT2D eigenvalue weighted by Gasteiger charge is 2.13. The SMILES string of the molecule is Cc1cc(Nc2ccc3nnc(-c4ccccc4F)n3n2)ccc1OCCO. The number of rotatable bonds is 6. The van der Waals surface area contributed by atoms with E-state index in [1.807, 2.05) is 25.1 Å². The standard InChI is InChI=1S/C20H18FN5O2/c1-13-12-14(6-7-17(13)28-11-10-27)22-18-8-9-19-23-24-20(26(19)25-18)15-4-2-3-5-16(15)21/h2-9,12,27H,10-11H2,1H3,(H,22,25). The normalized spacial score (nSPS) is 11.0. The minimum atomic E-state index is -0.383. The molecule has 0 saturated heterocycles. The molecular weight excluding hydrogens is 361 g/mol. The van der Waals surface area contributed by atoms with Gasteiger partial charge in [0.1, 0.15) is 18.2 Å². The number of nitrogens with one attached hydrogen (secondary N) is 1. The van der Waals surface area contributed by atoms with Gasteiger partial charge in [0, 0.05) is 5.69 Å². The molecule has 0 radical (unpaired) electrons. The van der Waals surface area contributed by atoms with E-state index in [1.54, 1.807) is 30.3 Å². The topological polar surface area (TPSA) is 84.6 Å². The first-order valence-electron chi connectivity index (χ1n) is 8.74. The predicted octanol–water partition coefficient (Wildman–Crippen LogP) is 3.35. The van der Waals surface area contributed by atoms with Gasteiger partial charge in [0.05, 0.1) is 12.2 Å². The summed E-state index contributed by atoms with van der Waals surface area (Å²) < 4.78 is 21.1. The summed E-state index contributed by atoms with van der Waals surface area (Å²) in [4.78, 5) is 0. The van der Waals surface area contributed by atoms with Gasteiger partial charge in [-0.05, 0) is 55.0 Å². The van der Waals surface area contributed by atoms with Crippen molar-refractivity contribution in [3.8, 4) is 17.1 Å². The van der Waals surface area contributed by atoms with E-state index in [1.165, 1.54) is 10.6 Å². The van der Waals surface area contributed by atoms with Crippen molar-refractivity contribution in [2.24, 2.45) is 0 Å². The maximum atomic E-state index is 14.1. The highest BCUT2D eigenvalue weighted by molar-refractivity contribution is 5.63. The Morgan fingerprint density at radius 2 is 1.96 bits per heavy atom. The second kappa shape index (κ2) is 7.61. The number of fused-ring (bicyclic) bond motifs is 1. The summed E-state index contributed by atoms with van der Waals surface area (Å²) >= 11 is 0. The minimum absolute atomic E-state index is 0.0351. The van der Waals surface area contributed by atoms with Gasteiger partial charge in [-0.1, -0.05) is 12.1 Å². The van der Waals surface area contributed by atoms with Crippen LogP contribution in [0.1, 0.15) is 5.56 Å². The fourth-order valence-electron chi connectivity index (χ4n) is 2.86. The maximum Gasteiger partial charge on any atom is 0.188 e. The van der Waals surface area contributed by atoms with E-state index in [-0.39, 0.29) is 19.0 Å². The van der Waals surface area contributed by atoms with Gasteiger partial charge in [-0.15, -0.1) is 15.3 Å². The van der Waals surface area contributed by atoms with Crippen LogP contribution in [0.4, 0.5) is 15.9 Å². The summed E-state index contributed by atoms with van der Waals surface area (Å²) in [5.41, 5.74) is 2.60. The van der Waals surface area contributed by atoms with Gasteiger partial charge in [0.15, 0.2) is 17.3 Å². The van der Waals surface area contributed by atoms with Crippen LogP contribution in [0.5, 0.6) is 5.75 Å². The number of ether oxygens (including phenoxy) is 1. The average molecular weight is 379 g/mol. The molecule has 4 rings (SSSR count). The number of aromatic nitrogens is 4. The molecule has 0 aliphatic heterocycles. The van der Waals surface area contributed by atoms with E-state index in [2.05, 4.69) is 20.6 Å². The second-order valence-electron chi connectivity index (χ2n) is 6.17. The third-order valence-electron chi connectivity index (χ3n) is 4.17. The van der Waals surface area contributed by atoms with Crippen molar-refractivity contribution >= 4 is 17.2 Å². The fraction of sp³-hybridized carbons (Fsp3) is 0.150. The molecule has 8 heteroatoms. The number of anilines is 2. The quantitative estimate of drug-likeness (QED) is 0.534. The molecule has 4 aromatic rings. The van der Waals surface area contributed by atoms with Crippen molar-refractivity contribution in [1.29, 1.82) is 0 Å². The number of aryl methyl sites for hydroxylation is 1. The van der Waals surface area contributed by atoms with Crippen LogP contribution in [0, 0.1) is 12.7 Å². The summed E-state index contributed by atoms with van der Waals surface area (Å²) in [6, 6.07) is 15.5. The number of hydrogen-bond acceptors (Lipinski definition) is 6. The molecule has 28 heavy (non-hydrogen) atoms. The summed E-state index contributed by atoms with van der Waals surface area (Å²) in [7, 11) is 0. The monoisotopic (exact) mass is 379 g/mol. The van der Waals surface area contributed by atoms with E-state index in [0.29, 0.717) is 28.6 Å². The van der Waals surface area contributed by atoms with E-state index in [0.717, 1.165) is 11.3 Å². The van der Waals surface area contributed by atoms with Crippen LogP contribution < -0.4 is 10.1 Å². The van der Waals surface area contributed by atoms with Crippen molar-refractivity contribution in [2.45, 2.75) is 6.92 Å². The van der Waals surface area contributed by atoms with Crippen LogP contribution in [0.25, 0.3) is 17.0 Å². The first kappa shape index (κ1) is 17.9. The summed E-state index contributed by atoms with van der Waals surface area (Å²) in [6.45, 7) is 2.13. The molecular formula is C20H18FN5O2. The van der Waals surface area contributed by atoms with Crippen LogP contribution >= 0.6 is 0 Å².